The predicted molar refractivity (Wildman–Crippen MR) is 237 cm³/mol. The van der Waals surface area contributed by atoms with Gasteiger partial charge in [0.15, 0.2) is 15.8 Å². The minimum absolute atomic E-state index is 0. The largest absolute Gasteiger partial charge is 0.461 e. The number of alkyl halides is 8. The molecule has 71 heavy (non-hydrogen) atoms. The van der Waals surface area contributed by atoms with Crippen molar-refractivity contribution in [3.8, 4) is 11.5 Å². The quantitative estimate of drug-likeness (QED) is 0.121. The number of piperazine rings is 2. The lowest BCUT2D eigenvalue weighted by Gasteiger charge is -2.42. The highest BCUT2D eigenvalue weighted by Gasteiger charge is 2.56. The van der Waals surface area contributed by atoms with Crippen molar-refractivity contribution in [1.82, 2.24) is 19.6 Å². The third-order valence-corrected chi connectivity index (χ3v) is 17.8. The number of ether oxygens (including phenoxy) is 5. The van der Waals surface area contributed by atoms with Gasteiger partial charge in [0, 0.05) is 129 Å². The third-order valence-electron chi connectivity index (χ3n) is 12.5. The molecular formula is C41H55ClF8N6O13S2. The molecule has 1 atom stereocenters. The fourth-order valence-electron chi connectivity index (χ4n) is 8.45. The number of hydroxylamine groups is 2. The van der Waals surface area contributed by atoms with Crippen LogP contribution in [0.15, 0.2) is 48.5 Å². The molecule has 402 valence electrons. The Morgan fingerprint density at radius 2 is 1.00 bits per heavy atom. The lowest BCUT2D eigenvalue weighted by molar-refractivity contribution is -0.253. The molecule has 0 radical (unpaired) electrons. The Morgan fingerprint density at radius 3 is 1.34 bits per heavy atom. The maximum atomic E-state index is 13.8. The molecule has 19 nitrogen and oxygen atoms in total. The Bertz CT molecular complexity index is 2270. The first kappa shape index (κ1) is 57.8. The van der Waals surface area contributed by atoms with Crippen LogP contribution in [0.25, 0.3) is 0 Å². The standard InChI is InChI=1S/C23H31F4N3O7S.C18H23F4N3O6S.ClH/c24-20(25)23(26,27)36-18-6-4-17(5-7-18)29-10-12-30(13-11-29)38(32,33)22(8-15-34-16-9-22)21(31)28-37-19-3-1-2-14-35-19;19-15(20)18(21,22)31-14-3-1-13(2-4-14)24-7-9-25(10-8-24)32(28,29)17(16(26)23-27)5-11-30-12-6-17;/h4-7,19-20H,1-3,8-16H2,(H,28,31);1-4,15,27H,5-12H2,(H,23,26);1H. The smallest absolute Gasteiger partial charge is 0.428 e. The molecule has 5 aliphatic heterocycles. The number of halogens is 9. The number of benzene rings is 2. The second-order valence-corrected chi connectivity index (χ2v) is 21.2. The number of hydrogen-bond donors (Lipinski definition) is 3. The summed E-state index contributed by atoms with van der Waals surface area (Å²) in [5, 5.41) is 9.10. The molecule has 0 aliphatic carbocycles. The molecule has 5 saturated heterocycles. The van der Waals surface area contributed by atoms with Crippen molar-refractivity contribution in [2.75, 3.05) is 95.2 Å². The van der Waals surface area contributed by atoms with Crippen LogP contribution in [0.1, 0.15) is 44.9 Å². The van der Waals surface area contributed by atoms with Crippen molar-refractivity contribution < 1.29 is 95.3 Å². The van der Waals surface area contributed by atoms with E-state index in [0.29, 0.717) is 24.4 Å². The molecule has 2 aromatic carbocycles. The van der Waals surface area contributed by atoms with Crippen LogP contribution in [0.3, 0.4) is 0 Å². The van der Waals surface area contributed by atoms with E-state index in [9.17, 15) is 61.5 Å². The van der Waals surface area contributed by atoms with Crippen LogP contribution >= 0.6 is 12.4 Å². The number of carbonyl (C=O) groups is 2. The van der Waals surface area contributed by atoms with Crippen LogP contribution in [0.2, 0.25) is 0 Å². The van der Waals surface area contributed by atoms with Gasteiger partial charge in [0.05, 0.1) is 0 Å². The molecule has 0 bridgehead atoms. The fourth-order valence-corrected chi connectivity index (χ4v) is 12.6. The molecule has 5 heterocycles. The van der Waals surface area contributed by atoms with E-state index in [1.165, 1.54) is 38.4 Å². The number of sulfonamides is 2. The Labute approximate surface area is 410 Å². The van der Waals surface area contributed by atoms with Gasteiger partial charge in [-0.25, -0.2) is 32.6 Å². The molecule has 0 aromatic heterocycles. The van der Waals surface area contributed by atoms with E-state index >= 15 is 0 Å². The van der Waals surface area contributed by atoms with Gasteiger partial charge in [0.2, 0.25) is 20.0 Å². The normalized spacial score (nSPS) is 21.6. The van der Waals surface area contributed by atoms with Crippen LogP contribution in [0.4, 0.5) is 46.5 Å². The van der Waals surface area contributed by atoms with Gasteiger partial charge in [-0.2, -0.15) is 43.7 Å². The zero-order valence-electron chi connectivity index (χ0n) is 37.9. The van der Waals surface area contributed by atoms with Crippen molar-refractivity contribution in [1.29, 1.82) is 0 Å². The van der Waals surface area contributed by atoms with E-state index in [4.69, 9.17) is 24.3 Å². The van der Waals surface area contributed by atoms with E-state index in [1.807, 2.05) is 4.90 Å². The highest BCUT2D eigenvalue weighted by molar-refractivity contribution is 7.91. The predicted octanol–water partition coefficient (Wildman–Crippen LogP) is 4.35. The molecule has 0 spiro atoms. The van der Waals surface area contributed by atoms with Gasteiger partial charge in [-0.05, 0) is 61.4 Å². The van der Waals surface area contributed by atoms with E-state index in [0.717, 1.165) is 37.1 Å². The number of nitrogens with one attached hydrogen (secondary N) is 2. The molecule has 7 rings (SSSR count). The van der Waals surface area contributed by atoms with Crippen molar-refractivity contribution in [2.45, 2.75) is 85.8 Å². The van der Waals surface area contributed by atoms with Gasteiger partial charge < -0.3 is 33.5 Å². The Morgan fingerprint density at radius 1 is 0.620 bits per heavy atom. The van der Waals surface area contributed by atoms with E-state index in [2.05, 4.69) is 15.0 Å². The summed E-state index contributed by atoms with van der Waals surface area (Å²) >= 11 is 0. The second-order valence-electron chi connectivity index (χ2n) is 16.7. The number of amides is 2. The third kappa shape index (κ3) is 13.2. The highest BCUT2D eigenvalue weighted by Crippen LogP contribution is 2.37. The lowest BCUT2D eigenvalue weighted by Crippen LogP contribution is -2.62. The number of carbonyl (C=O) groups excluding carboxylic acids is 2. The second kappa shape index (κ2) is 24.3. The summed E-state index contributed by atoms with van der Waals surface area (Å²) in [6.45, 7) is 2.06. The zero-order chi connectivity index (χ0) is 51.0. The minimum Gasteiger partial charge on any atom is -0.428 e. The van der Waals surface area contributed by atoms with Crippen LogP contribution in [-0.2, 0) is 48.7 Å². The van der Waals surface area contributed by atoms with E-state index in [-0.39, 0.29) is 117 Å². The van der Waals surface area contributed by atoms with Crippen molar-refractivity contribution >= 4 is 55.6 Å². The van der Waals surface area contributed by atoms with Gasteiger partial charge in [0.25, 0.3) is 11.8 Å². The number of anilines is 2. The monoisotopic (exact) mass is 1090 g/mol. The zero-order valence-corrected chi connectivity index (χ0v) is 40.3. The summed E-state index contributed by atoms with van der Waals surface area (Å²) in [6.07, 6.45) is -15.7. The van der Waals surface area contributed by atoms with Gasteiger partial charge in [-0.15, -0.1) is 12.4 Å². The first-order valence-electron chi connectivity index (χ1n) is 22.2. The Balaban J connectivity index is 0.000000264. The molecule has 0 saturated carbocycles. The molecule has 2 amide bonds. The van der Waals surface area contributed by atoms with Crippen molar-refractivity contribution in [3.05, 3.63) is 48.5 Å². The average molecular weight is 1090 g/mol. The highest BCUT2D eigenvalue weighted by atomic mass is 35.5. The number of rotatable bonds is 16. The first-order valence-corrected chi connectivity index (χ1v) is 25.0. The minimum atomic E-state index is -4.61. The molecule has 2 aromatic rings. The summed E-state index contributed by atoms with van der Waals surface area (Å²) in [6, 6.07) is 10.2. The van der Waals surface area contributed by atoms with Gasteiger partial charge in [-0.1, -0.05) is 0 Å². The van der Waals surface area contributed by atoms with Gasteiger partial charge in [-0.3, -0.25) is 14.8 Å². The summed E-state index contributed by atoms with van der Waals surface area (Å²) in [7, 11) is -8.24. The number of nitrogens with zero attached hydrogens (tertiary/aromatic N) is 4. The first-order chi connectivity index (χ1) is 33.1. The fraction of sp³-hybridized carbons (Fsp3) is 0.659. The van der Waals surface area contributed by atoms with E-state index in [1.54, 1.807) is 4.90 Å². The summed E-state index contributed by atoms with van der Waals surface area (Å²) in [5.74, 6) is -2.61. The maximum absolute atomic E-state index is 13.8. The SMILES string of the molecule is Cl.O=C(NO)C1(S(=O)(=O)N2CCN(c3ccc(OC(F)(F)C(F)F)cc3)CC2)CCOCC1.O=C(NOC1CCCCO1)C1(S(=O)(=O)N2CCN(c3ccc(OC(F)(F)C(F)F)cc3)CC2)CCOCC1. The van der Waals surface area contributed by atoms with Crippen LogP contribution < -0.4 is 30.2 Å². The summed E-state index contributed by atoms with van der Waals surface area (Å²) in [5.41, 5.74) is 4.92. The van der Waals surface area contributed by atoms with E-state index < -0.39 is 84.2 Å². The summed E-state index contributed by atoms with van der Waals surface area (Å²) in [4.78, 5) is 34.5. The topological polar surface area (TPSA) is 215 Å². The Kier molecular flexibility index (Phi) is 19.8. The van der Waals surface area contributed by atoms with Crippen LogP contribution in [0, 0.1) is 0 Å². The molecule has 30 heteroatoms. The molecule has 5 aliphatic rings. The molecular weight excluding hydrogens is 1040 g/mol. The van der Waals surface area contributed by atoms with Crippen molar-refractivity contribution in [3.63, 3.8) is 0 Å². The van der Waals surface area contributed by atoms with Gasteiger partial charge >= 0.3 is 25.1 Å². The average Bonchev–Trinajstić information content (AvgIpc) is 3.36. The lowest BCUT2D eigenvalue weighted by atomic mass is 9.98. The van der Waals surface area contributed by atoms with Crippen LogP contribution in [-0.4, -0.2) is 169 Å². The molecule has 5 fully saturated rings. The maximum Gasteiger partial charge on any atom is 0.461 e. The van der Waals surface area contributed by atoms with Crippen LogP contribution in [0.5, 0.6) is 11.5 Å². The number of hydrogen-bond acceptors (Lipinski definition) is 15. The summed E-state index contributed by atoms with van der Waals surface area (Å²) < 4.78 is 179. The van der Waals surface area contributed by atoms with Gasteiger partial charge in [0.1, 0.15) is 11.5 Å². The van der Waals surface area contributed by atoms with Crippen molar-refractivity contribution in [2.24, 2.45) is 0 Å². The Hall–Kier alpha value is -4.07. The molecule has 1 unspecified atom stereocenters. The molecule has 3 N–H and O–H groups in total.